The van der Waals surface area contributed by atoms with Crippen molar-refractivity contribution in [1.29, 1.82) is 0 Å². The van der Waals surface area contributed by atoms with Gasteiger partial charge in [-0.05, 0) is 23.8 Å². The fraction of sp³-hybridized carbons (Fsp3) is 0.333. The molecular weight excluding hydrogens is 320 g/mol. The van der Waals surface area contributed by atoms with E-state index in [9.17, 15) is 4.79 Å². The Bertz CT molecular complexity index is 659. The number of carboxylic acids is 1. The van der Waals surface area contributed by atoms with Crippen LogP contribution in [0.15, 0.2) is 34.2 Å². The number of ether oxygens (including phenoxy) is 1. The van der Waals surface area contributed by atoms with E-state index in [2.05, 4.69) is 16.0 Å². The first-order valence-electron chi connectivity index (χ1n) is 6.98. The Labute approximate surface area is 136 Å². The maximum absolute atomic E-state index is 10.9. The summed E-state index contributed by atoms with van der Waals surface area (Å²) in [7, 11) is 0. The summed E-state index contributed by atoms with van der Waals surface area (Å²) >= 11 is 3.49. The van der Waals surface area contributed by atoms with Crippen LogP contribution < -0.4 is 0 Å². The number of hydrogen-bond donors (Lipinski definition) is 1. The van der Waals surface area contributed by atoms with E-state index < -0.39 is 5.97 Å². The molecule has 7 heteroatoms. The number of aromatic carboxylic acids is 1. The average Bonchev–Trinajstić information content (AvgIpc) is 3.19. The lowest BCUT2D eigenvalue weighted by atomic mass is 10.1. The molecule has 0 radical (unpaired) electrons. The van der Waals surface area contributed by atoms with Crippen LogP contribution in [0, 0.1) is 0 Å². The Balaban J connectivity index is 1.54. The minimum absolute atomic E-state index is 0.0278. The van der Waals surface area contributed by atoms with Crippen LogP contribution in [0.25, 0.3) is 6.08 Å². The first kappa shape index (κ1) is 14.3. The molecule has 0 bridgehead atoms. The first-order chi connectivity index (χ1) is 10.7. The van der Waals surface area contributed by atoms with E-state index in [0.29, 0.717) is 11.0 Å². The lowest BCUT2D eigenvalue weighted by Gasteiger charge is -2.28. The van der Waals surface area contributed by atoms with Gasteiger partial charge in [0.05, 0.1) is 11.1 Å². The summed E-state index contributed by atoms with van der Waals surface area (Å²) in [6.07, 6.45) is 2.30. The Morgan fingerprint density at radius 1 is 1.41 bits per heavy atom. The summed E-state index contributed by atoms with van der Waals surface area (Å²) in [6.45, 7) is 0.976. The second-order valence-corrected chi connectivity index (χ2v) is 7.35. The van der Waals surface area contributed by atoms with Crippen molar-refractivity contribution in [3.63, 3.8) is 0 Å². The van der Waals surface area contributed by atoms with Gasteiger partial charge in [0, 0.05) is 17.2 Å². The highest BCUT2D eigenvalue weighted by molar-refractivity contribution is 8.15. The minimum atomic E-state index is -0.904. The van der Waals surface area contributed by atoms with E-state index in [1.165, 1.54) is 0 Å². The zero-order valence-corrected chi connectivity index (χ0v) is 13.2. The molecule has 2 fully saturated rings. The van der Waals surface area contributed by atoms with Crippen LogP contribution in [0.5, 0.6) is 0 Å². The number of carbonyl (C=O) groups is 1. The summed E-state index contributed by atoms with van der Waals surface area (Å²) in [6, 6.07) is 6.91. The molecule has 1 aromatic rings. The molecule has 5 nitrogen and oxygen atoms in total. The van der Waals surface area contributed by atoms with Crippen molar-refractivity contribution >= 4 is 41.1 Å². The zero-order chi connectivity index (χ0) is 15.1. The predicted molar refractivity (Wildman–Crippen MR) is 89.1 cm³/mol. The molecule has 114 valence electrons. The van der Waals surface area contributed by atoms with Crippen LogP contribution in [0.3, 0.4) is 0 Å². The fourth-order valence-corrected chi connectivity index (χ4v) is 4.52. The monoisotopic (exact) mass is 334 g/mol. The van der Waals surface area contributed by atoms with Crippen molar-refractivity contribution in [3.8, 4) is 0 Å². The molecule has 0 saturated carbocycles. The largest absolute Gasteiger partial charge is 0.478 e. The molecule has 0 aromatic heterocycles. The number of hydrogen-bond acceptors (Lipinski definition) is 6. The Kier molecular flexibility index (Phi) is 3.73. The molecule has 0 aliphatic carbocycles. The molecule has 0 amide bonds. The van der Waals surface area contributed by atoms with Crippen molar-refractivity contribution < 1.29 is 14.6 Å². The SMILES string of the molecule is O=C(O)c1ccc(/C=C2\SC=NC2N2CCSC3OC32)cc1. The van der Waals surface area contributed by atoms with E-state index in [1.54, 1.807) is 23.9 Å². The molecule has 0 spiro atoms. The maximum atomic E-state index is 10.9. The van der Waals surface area contributed by atoms with Gasteiger partial charge in [-0.25, -0.2) is 9.69 Å². The molecule has 3 atom stereocenters. The normalized spacial score (nSPS) is 32.2. The summed E-state index contributed by atoms with van der Waals surface area (Å²) in [4.78, 5) is 18.9. The quantitative estimate of drug-likeness (QED) is 0.857. The molecule has 3 unspecified atom stereocenters. The topological polar surface area (TPSA) is 65.4 Å². The Morgan fingerprint density at radius 3 is 3.00 bits per heavy atom. The summed E-state index contributed by atoms with van der Waals surface area (Å²) in [5, 5.41) is 8.94. The van der Waals surface area contributed by atoms with Crippen LogP contribution >= 0.6 is 23.5 Å². The van der Waals surface area contributed by atoms with Gasteiger partial charge in [0.25, 0.3) is 0 Å². The zero-order valence-electron chi connectivity index (χ0n) is 11.6. The number of rotatable bonds is 3. The van der Waals surface area contributed by atoms with Gasteiger partial charge in [0.2, 0.25) is 0 Å². The number of epoxide rings is 1. The standard InChI is InChI=1S/C15H14N2O3S2/c18-14(19)10-3-1-9(2-4-10)7-11-12(16-8-22-11)17-5-6-21-15-13(17)20-15/h1-4,7-8,12-13,15H,5-6H2,(H,18,19)/b11-7-. The maximum Gasteiger partial charge on any atom is 0.335 e. The molecule has 1 aromatic carbocycles. The summed E-state index contributed by atoms with van der Waals surface area (Å²) in [5.41, 5.74) is 3.48. The van der Waals surface area contributed by atoms with Crippen LogP contribution in [0.4, 0.5) is 0 Å². The van der Waals surface area contributed by atoms with E-state index in [4.69, 9.17) is 9.84 Å². The van der Waals surface area contributed by atoms with Crippen molar-refractivity contribution in [2.24, 2.45) is 4.99 Å². The molecule has 2 saturated heterocycles. The number of carboxylic acid groups (broad SMARTS) is 1. The van der Waals surface area contributed by atoms with Crippen LogP contribution in [0.1, 0.15) is 15.9 Å². The molecule has 3 aliphatic heterocycles. The van der Waals surface area contributed by atoms with Gasteiger partial charge in [0.15, 0.2) is 0 Å². The molecule has 4 rings (SSSR count). The lowest BCUT2D eigenvalue weighted by Crippen LogP contribution is -2.40. The molecular formula is C15H14N2O3S2. The van der Waals surface area contributed by atoms with Crippen LogP contribution in [-0.2, 0) is 4.74 Å². The number of nitrogens with zero attached hydrogens (tertiary/aromatic N) is 2. The third kappa shape index (κ3) is 2.69. The molecule has 3 aliphatic rings. The van der Waals surface area contributed by atoms with Gasteiger partial charge < -0.3 is 9.84 Å². The molecule has 3 heterocycles. The van der Waals surface area contributed by atoms with Crippen molar-refractivity contribution in [2.75, 3.05) is 12.3 Å². The Morgan fingerprint density at radius 2 is 2.23 bits per heavy atom. The van der Waals surface area contributed by atoms with Crippen molar-refractivity contribution in [1.82, 2.24) is 4.90 Å². The smallest absolute Gasteiger partial charge is 0.335 e. The van der Waals surface area contributed by atoms with E-state index >= 15 is 0 Å². The number of aliphatic imine (C=N–C) groups is 1. The van der Waals surface area contributed by atoms with Gasteiger partial charge in [-0.2, -0.15) is 0 Å². The number of thioether (sulfide) groups is 2. The highest BCUT2D eigenvalue weighted by Crippen LogP contribution is 2.43. The van der Waals surface area contributed by atoms with Gasteiger partial charge in [0.1, 0.15) is 17.8 Å². The molecule has 22 heavy (non-hydrogen) atoms. The van der Waals surface area contributed by atoms with Crippen molar-refractivity contribution in [3.05, 3.63) is 40.3 Å². The van der Waals surface area contributed by atoms with Gasteiger partial charge in [-0.3, -0.25) is 4.99 Å². The van der Waals surface area contributed by atoms with E-state index in [0.717, 1.165) is 22.8 Å². The summed E-state index contributed by atoms with van der Waals surface area (Å²) < 4.78 is 5.66. The third-order valence-electron chi connectivity index (χ3n) is 3.81. The fourth-order valence-electron chi connectivity index (χ4n) is 2.64. The average molecular weight is 334 g/mol. The van der Waals surface area contributed by atoms with Gasteiger partial charge in [-0.15, -0.1) is 11.8 Å². The number of benzene rings is 1. The highest BCUT2D eigenvalue weighted by Gasteiger charge is 2.50. The van der Waals surface area contributed by atoms with Crippen LogP contribution in [0.2, 0.25) is 0 Å². The molecule has 1 N–H and O–H groups in total. The van der Waals surface area contributed by atoms with E-state index in [1.807, 2.05) is 29.4 Å². The minimum Gasteiger partial charge on any atom is -0.478 e. The lowest BCUT2D eigenvalue weighted by molar-refractivity contribution is 0.0697. The number of fused-ring (bicyclic) bond motifs is 1. The second-order valence-electron chi connectivity index (χ2n) is 5.22. The van der Waals surface area contributed by atoms with Crippen molar-refractivity contribution in [2.45, 2.75) is 17.8 Å². The second kappa shape index (κ2) is 5.73. The predicted octanol–water partition coefficient (Wildman–Crippen LogP) is 2.56. The highest BCUT2D eigenvalue weighted by atomic mass is 32.2. The third-order valence-corrected chi connectivity index (χ3v) is 5.73. The summed E-state index contributed by atoms with van der Waals surface area (Å²) in [5.74, 6) is 0.164. The van der Waals surface area contributed by atoms with Gasteiger partial charge in [-0.1, -0.05) is 23.9 Å². The van der Waals surface area contributed by atoms with Gasteiger partial charge >= 0.3 is 5.97 Å². The Hall–Kier alpha value is -1.28. The van der Waals surface area contributed by atoms with E-state index in [-0.39, 0.29) is 12.4 Å². The van der Waals surface area contributed by atoms with Crippen LogP contribution in [-0.4, -0.2) is 51.6 Å². The first-order valence-corrected chi connectivity index (χ1v) is 8.91.